The minimum atomic E-state index is -0.262. The number of amides is 2. The van der Waals surface area contributed by atoms with Crippen molar-refractivity contribution in [2.75, 3.05) is 13.6 Å². The molecular formula is C21H27N3O3. The molecule has 6 nitrogen and oxygen atoms in total. The van der Waals surface area contributed by atoms with E-state index in [9.17, 15) is 9.59 Å². The Labute approximate surface area is 160 Å². The summed E-state index contributed by atoms with van der Waals surface area (Å²) in [4.78, 5) is 29.4. The molecule has 0 bridgehead atoms. The third-order valence-electron chi connectivity index (χ3n) is 5.32. The molecule has 27 heavy (non-hydrogen) atoms. The average Bonchev–Trinajstić information content (AvgIpc) is 3.06. The van der Waals surface area contributed by atoms with Gasteiger partial charge in [-0.2, -0.15) is 0 Å². The molecule has 2 aromatic rings. The predicted octanol–water partition coefficient (Wildman–Crippen LogP) is 3.25. The van der Waals surface area contributed by atoms with Crippen LogP contribution in [0.3, 0.4) is 0 Å². The zero-order chi connectivity index (χ0) is 19.6. The Balaban J connectivity index is 1.89. The lowest BCUT2D eigenvalue weighted by Crippen LogP contribution is -2.48. The highest BCUT2D eigenvalue weighted by Crippen LogP contribution is 2.39. The van der Waals surface area contributed by atoms with Crippen molar-refractivity contribution in [2.24, 2.45) is 5.92 Å². The highest BCUT2D eigenvalue weighted by molar-refractivity contribution is 5.85. The van der Waals surface area contributed by atoms with Crippen molar-refractivity contribution >= 4 is 11.8 Å². The summed E-state index contributed by atoms with van der Waals surface area (Å²) in [5.41, 5.74) is 2.88. The van der Waals surface area contributed by atoms with Crippen molar-refractivity contribution in [2.45, 2.75) is 46.2 Å². The molecule has 0 unspecified atom stereocenters. The van der Waals surface area contributed by atoms with Crippen molar-refractivity contribution < 1.29 is 14.1 Å². The molecule has 0 radical (unpaired) electrons. The standard InChI is InChI=1S/C21H27N3O3/c1-5-24-19(25)11-10-18(20(24)17-9-7-6-8-14(17)2)21(26)23(4)13-16-12-15(3)27-22-16/h6-9,12,18,20H,5,10-11,13H2,1-4H3/t18-,20+/m1/s1. The molecule has 0 aliphatic carbocycles. The Bertz CT molecular complexity index is 830. The smallest absolute Gasteiger partial charge is 0.228 e. The topological polar surface area (TPSA) is 66.7 Å². The van der Waals surface area contributed by atoms with Crippen molar-refractivity contribution in [3.05, 3.63) is 52.9 Å². The Morgan fingerprint density at radius 1 is 1.33 bits per heavy atom. The van der Waals surface area contributed by atoms with Gasteiger partial charge in [0.1, 0.15) is 11.5 Å². The van der Waals surface area contributed by atoms with E-state index >= 15 is 0 Å². The van der Waals surface area contributed by atoms with Crippen molar-refractivity contribution in [3.63, 3.8) is 0 Å². The average molecular weight is 369 g/mol. The summed E-state index contributed by atoms with van der Waals surface area (Å²) in [6.45, 7) is 6.82. The van der Waals surface area contributed by atoms with Gasteiger partial charge in [0.15, 0.2) is 0 Å². The van der Waals surface area contributed by atoms with Crippen molar-refractivity contribution in [3.8, 4) is 0 Å². The Morgan fingerprint density at radius 3 is 2.70 bits per heavy atom. The molecule has 0 spiro atoms. The third-order valence-corrected chi connectivity index (χ3v) is 5.32. The van der Waals surface area contributed by atoms with Gasteiger partial charge in [-0.05, 0) is 38.3 Å². The lowest BCUT2D eigenvalue weighted by atomic mass is 9.81. The van der Waals surface area contributed by atoms with Gasteiger partial charge in [0, 0.05) is 26.1 Å². The zero-order valence-corrected chi connectivity index (χ0v) is 16.4. The maximum Gasteiger partial charge on any atom is 0.228 e. The number of benzene rings is 1. The first-order valence-corrected chi connectivity index (χ1v) is 9.44. The second-order valence-corrected chi connectivity index (χ2v) is 7.25. The molecule has 0 saturated carbocycles. The van der Waals surface area contributed by atoms with Crippen molar-refractivity contribution in [1.29, 1.82) is 0 Å². The van der Waals surface area contributed by atoms with E-state index in [1.54, 1.807) is 11.9 Å². The number of aryl methyl sites for hydroxylation is 2. The van der Waals surface area contributed by atoms with Crippen LogP contribution in [0.5, 0.6) is 0 Å². The summed E-state index contributed by atoms with van der Waals surface area (Å²) in [5, 5.41) is 3.98. The van der Waals surface area contributed by atoms with E-state index in [4.69, 9.17) is 4.52 Å². The molecule has 1 aromatic carbocycles. The number of nitrogens with zero attached hydrogens (tertiary/aromatic N) is 3. The number of aromatic nitrogens is 1. The quantitative estimate of drug-likeness (QED) is 0.811. The first kappa shape index (κ1) is 19.1. The van der Waals surface area contributed by atoms with Gasteiger partial charge in [0.05, 0.1) is 18.5 Å². The summed E-state index contributed by atoms with van der Waals surface area (Å²) < 4.78 is 5.10. The minimum absolute atomic E-state index is 0.0369. The fourth-order valence-electron chi connectivity index (χ4n) is 3.98. The van der Waals surface area contributed by atoms with Gasteiger partial charge in [0.2, 0.25) is 11.8 Å². The van der Waals surface area contributed by atoms with E-state index in [1.807, 2.05) is 56.0 Å². The SMILES string of the molecule is CCN1C(=O)CC[C@@H](C(=O)N(C)Cc2cc(C)on2)[C@@H]1c1ccccc1C. The van der Waals surface area contributed by atoms with Gasteiger partial charge in [-0.1, -0.05) is 29.4 Å². The minimum Gasteiger partial charge on any atom is -0.361 e. The number of carbonyl (C=O) groups is 2. The third kappa shape index (κ3) is 3.89. The Morgan fingerprint density at radius 2 is 2.07 bits per heavy atom. The molecule has 1 aromatic heterocycles. The highest BCUT2D eigenvalue weighted by Gasteiger charge is 2.41. The van der Waals surface area contributed by atoms with E-state index in [2.05, 4.69) is 5.16 Å². The van der Waals surface area contributed by atoms with Crippen LogP contribution >= 0.6 is 0 Å². The monoisotopic (exact) mass is 369 g/mol. The number of carbonyl (C=O) groups excluding carboxylic acids is 2. The number of hydrogen-bond acceptors (Lipinski definition) is 4. The second-order valence-electron chi connectivity index (χ2n) is 7.25. The molecule has 1 fully saturated rings. The first-order valence-electron chi connectivity index (χ1n) is 9.44. The number of piperidine rings is 1. The van der Waals surface area contributed by atoms with Crippen LogP contribution < -0.4 is 0 Å². The summed E-state index contributed by atoms with van der Waals surface area (Å²) in [6.07, 6.45) is 0.971. The van der Waals surface area contributed by atoms with Crippen LogP contribution in [0.4, 0.5) is 0 Å². The maximum atomic E-state index is 13.3. The van der Waals surface area contributed by atoms with Gasteiger partial charge in [-0.3, -0.25) is 9.59 Å². The van der Waals surface area contributed by atoms with E-state index < -0.39 is 0 Å². The van der Waals surface area contributed by atoms with E-state index in [1.165, 1.54) is 0 Å². The van der Waals surface area contributed by atoms with E-state index in [0.29, 0.717) is 25.9 Å². The summed E-state index contributed by atoms with van der Waals surface area (Å²) in [5.74, 6) is 0.616. The molecule has 1 aliphatic rings. The summed E-state index contributed by atoms with van der Waals surface area (Å²) in [7, 11) is 1.79. The molecule has 2 amide bonds. The number of likely N-dealkylation sites (tertiary alicyclic amines) is 1. The zero-order valence-electron chi connectivity index (χ0n) is 16.4. The Hall–Kier alpha value is -2.63. The van der Waals surface area contributed by atoms with Gasteiger partial charge < -0.3 is 14.3 Å². The van der Waals surface area contributed by atoms with Crippen LogP contribution in [-0.2, 0) is 16.1 Å². The molecule has 0 N–H and O–H groups in total. The van der Waals surface area contributed by atoms with Crippen molar-refractivity contribution in [1.82, 2.24) is 15.0 Å². The second kappa shape index (κ2) is 7.94. The fraction of sp³-hybridized carbons (Fsp3) is 0.476. The summed E-state index contributed by atoms with van der Waals surface area (Å²) in [6, 6.07) is 9.62. The largest absolute Gasteiger partial charge is 0.361 e. The predicted molar refractivity (Wildman–Crippen MR) is 102 cm³/mol. The molecular weight excluding hydrogens is 342 g/mol. The number of rotatable bonds is 5. The van der Waals surface area contributed by atoms with Gasteiger partial charge in [0.25, 0.3) is 0 Å². The molecule has 6 heteroatoms. The van der Waals surface area contributed by atoms with Crippen LogP contribution in [0, 0.1) is 19.8 Å². The van der Waals surface area contributed by atoms with Gasteiger partial charge >= 0.3 is 0 Å². The van der Waals surface area contributed by atoms with E-state index in [-0.39, 0.29) is 23.8 Å². The molecule has 2 atom stereocenters. The first-order chi connectivity index (χ1) is 12.9. The van der Waals surface area contributed by atoms with Gasteiger partial charge in [-0.15, -0.1) is 0 Å². The molecule has 144 valence electrons. The molecule has 1 saturated heterocycles. The fourth-order valence-corrected chi connectivity index (χ4v) is 3.98. The van der Waals surface area contributed by atoms with E-state index in [0.717, 1.165) is 22.6 Å². The molecule has 2 heterocycles. The van der Waals surface area contributed by atoms with Gasteiger partial charge in [-0.25, -0.2) is 0 Å². The highest BCUT2D eigenvalue weighted by atomic mass is 16.5. The molecule has 3 rings (SSSR count). The van der Waals surface area contributed by atoms with Crippen LogP contribution in [-0.4, -0.2) is 40.4 Å². The normalized spacial score (nSPS) is 20.0. The van der Waals surface area contributed by atoms with Crippen LogP contribution in [0.1, 0.15) is 48.4 Å². The summed E-state index contributed by atoms with van der Waals surface area (Å²) >= 11 is 0. The lowest BCUT2D eigenvalue weighted by molar-refractivity contribution is -0.147. The Kier molecular flexibility index (Phi) is 5.63. The number of hydrogen-bond donors (Lipinski definition) is 0. The maximum absolute atomic E-state index is 13.3. The van der Waals surface area contributed by atoms with Crippen LogP contribution in [0.2, 0.25) is 0 Å². The molecule has 1 aliphatic heterocycles. The lowest BCUT2D eigenvalue weighted by Gasteiger charge is -2.42. The van der Waals surface area contributed by atoms with Crippen LogP contribution in [0.15, 0.2) is 34.9 Å². The van der Waals surface area contributed by atoms with Crippen LogP contribution in [0.25, 0.3) is 0 Å².